The van der Waals surface area contributed by atoms with Gasteiger partial charge in [0.15, 0.2) is 0 Å². The fourth-order valence-electron chi connectivity index (χ4n) is 1.77. The smallest absolute Gasteiger partial charge is 0.0235 e. The summed E-state index contributed by atoms with van der Waals surface area (Å²) < 4.78 is 0. The Kier molecular flexibility index (Phi) is 6.51. The normalized spacial score (nSPS) is 11.0. The molecule has 0 aliphatic carbocycles. The SMILES string of the molecule is CCc1ccc(CN(CC)CCCCl)cc1. The Labute approximate surface area is 104 Å². The number of hydrogen-bond donors (Lipinski definition) is 0. The summed E-state index contributed by atoms with van der Waals surface area (Å²) in [6.45, 7) is 7.61. The summed E-state index contributed by atoms with van der Waals surface area (Å²) in [6, 6.07) is 8.93. The molecule has 1 aromatic rings. The van der Waals surface area contributed by atoms with Crippen LogP contribution in [0.5, 0.6) is 0 Å². The second kappa shape index (κ2) is 7.70. The summed E-state index contributed by atoms with van der Waals surface area (Å²) in [4.78, 5) is 2.43. The molecule has 0 bridgehead atoms. The number of hydrogen-bond acceptors (Lipinski definition) is 1. The first kappa shape index (κ1) is 13.5. The molecular formula is C14H22ClN. The molecular weight excluding hydrogens is 218 g/mol. The predicted molar refractivity (Wildman–Crippen MR) is 72.1 cm³/mol. The molecule has 0 aliphatic rings. The Balaban J connectivity index is 2.49. The van der Waals surface area contributed by atoms with Crippen molar-refractivity contribution < 1.29 is 0 Å². The third-order valence-corrected chi connectivity index (χ3v) is 3.16. The molecule has 0 heterocycles. The molecule has 0 saturated heterocycles. The number of alkyl halides is 1. The van der Waals surface area contributed by atoms with E-state index in [-0.39, 0.29) is 0 Å². The van der Waals surface area contributed by atoms with E-state index in [2.05, 4.69) is 43.0 Å². The topological polar surface area (TPSA) is 3.24 Å². The number of nitrogens with zero attached hydrogens (tertiary/aromatic N) is 1. The second-order valence-corrected chi connectivity index (χ2v) is 4.46. The van der Waals surface area contributed by atoms with E-state index in [9.17, 15) is 0 Å². The highest BCUT2D eigenvalue weighted by Gasteiger charge is 2.02. The average molecular weight is 240 g/mol. The fraction of sp³-hybridized carbons (Fsp3) is 0.571. The van der Waals surface area contributed by atoms with Gasteiger partial charge in [0.25, 0.3) is 0 Å². The zero-order valence-corrected chi connectivity index (χ0v) is 11.1. The first-order valence-corrected chi connectivity index (χ1v) is 6.69. The molecule has 2 heteroatoms. The van der Waals surface area contributed by atoms with E-state index < -0.39 is 0 Å². The van der Waals surface area contributed by atoms with Gasteiger partial charge in [-0.05, 0) is 37.1 Å². The van der Waals surface area contributed by atoms with Gasteiger partial charge in [0.2, 0.25) is 0 Å². The van der Waals surface area contributed by atoms with Crippen molar-refractivity contribution in [3.8, 4) is 0 Å². The molecule has 0 atom stereocenters. The molecule has 0 unspecified atom stereocenters. The van der Waals surface area contributed by atoms with Gasteiger partial charge < -0.3 is 0 Å². The molecule has 16 heavy (non-hydrogen) atoms. The van der Waals surface area contributed by atoms with Crippen molar-refractivity contribution in [1.82, 2.24) is 4.90 Å². The highest BCUT2D eigenvalue weighted by atomic mass is 35.5. The summed E-state index contributed by atoms with van der Waals surface area (Å²) in [5, 5.41) is 0. The minimum Gasteiger partial charge on any atom is -0.299 e. The summed E-state index contributed by atoms with van der Waals surface area (Å²) in [5.74, 6) is 0.755. The number of benzene rings is 1. The molecule has 0 aromatic heterocycles. The lowest BCUT2D eigenvalue weighted by molar-refractivity contribution is 0.281. The van der Waals surface area contributed by atoms with Crippen molar-refractivity contribution in [2.75, 3.05) is 19.0 Å². The Bertz CT molecular complexity index is 281. The van der Waals surface area contributed by atoms with E-state index >= 15 is 0 Å². The van der Waals surface area contributed by atoms with Gasteiger partial charge in [0.1, 0.15) is 0 Å². The van der Waals surface area contributed by atoms with Gasteiger partial charge in [-0.15, -0.1) is 11.6 Å². The van der Waals surface area contributed by atoms with E-state index in [1.165, 1.54) is 11.1 Å². The molecule has 1 nitrogen and oxygen atoms in total. The van der Waals surface area contributed by atoms with Crippen LogP contribution in [0.2, 0.25) is 0 Å². The molecule has 90 valence electrons. The Hall–Kier alpha value is -0.530. The van der Waals surface area contributed by atoms with Gasteiger partial charge in [-0.3, -0.25) is 4.90 Å². The maximum atomic E-state index is 5.72. The molecule has 0 aliphatic heterocycles. The minimum atomic E-state index is 0.755. The molecule has 1 rings (SSSR count). The summed E-state index contributed by atoms with van der Waals surface area (Å²) in [5.41, 5.74) is 2.81. The molecule has 1 aromatic carbocycles. The highest BCUT2D eigenvalue weighted by Crippen LogP contribution is 2.08. The third-order valence-electron chi connectivity index (χ3n) is 2.89. The zero-order valence-electron chi connectivity index (χ0n) is 10.4. The van der Waals surface area contributed by atoms with Crippen LogP contribution in [-0.2, 0) is 13.0 Å². The maximum absolute atomic E-state index is 5.72. The second-order valence-electron chi connectivity index (χ2n) is 4.08. The number of rotatable bonds is 7. The predicted octanol–water partition coefficient (Wildman–Crippen LogP) is 3.70. The van der Waals surface area contributed by atoms with E-state index in [0.29, 0.717) is 0 Å². The number of aryl methyl sites for hydroxylation is 1. The van der Waals surface area contributed by atoms with Crippen LogP contribution in [0.25, 0.3) is 0 Å². The van der Waals surface area contributed by atoms with Crippen LogP contribution in [0.15, 0.2) is 24.3 Å². The van der Waals surface area contributed by atoms with Crippen LogP contribution in [0.1, 0.15) is 31.4 Å². The van der Waals surface area contributed by atoms with Gasteiger partial charge in [0.05, 0.1) is 0 Å². The summed E-state index contributed by atoms with van der Waals surface area (Å²) >= 11 is 5.72. The molecule has 0 amide bonds. The van der Waals surface area contributed by atoms with E-state index in [4.69, 9.17) is 11.6 Å². The third kappa shape index (κ3) is 4.54. The van der Waals surface area contributed by atoms with Crippen LogP contribution in [0.3, 0.4) is 0 Å². The number of halogens is 1. The fourth-order valence-corrected chi connectivity index (χ4v) is 1.89. The largest absolute Gasteiger partial charge is 0.299 e. The van der Waals surface area contributed by atoms with Gasteiger partial charge >= 0.3 is 0 Å². The molecule has 0 fully saturated rings. The van der Waals surface area contributed by atoms with Crippen LogP contribution < -0.4 is 0 Å². The van der Waals surface area contributed by atoms with E-state index in [1.807, 2.05) is 0 Å². The first-order chi connectivity index (χ1) is 7.80. The Morgan fingerprint density at radius 1 is 1.06 bits per heavy atom. The zero-order chi connectivity index (χ0) is 11.8. The summed E-state index contributed by atoms with van der Waals surface area (Å²) in [7, 11) is 0. The maximum Gasteiger partial charge on any atom is 0.0235 e. The molecule has 0 spiro atoms. The van der Waals surface area contributed by atoms with Crippen LogP contribution >= 0.6 is 11.6 Å². The van der Waals surface area contributed by atoms with Gasteiger partial charge in [-0.2, -0.15) is 0 Å². The van der Waals surface area contributed by atoms with Crippen molar-refractivity contribution in [3.05, 3.63) is 35.4 Å². The first-order valence-electron chi connectivity index (χ1n) is 6.16. The van der Waals surface area contributed by atoms with Crippen LogP contribution in [0, 0.1) is 0 Å². The highest BCUT2D eigenvalue weighted by molar-refractivity contribution is 6.17. The lowest BCUT2D eigenvalue weighted by Gasteiger charge is -2.19. The molecule has 0 radical (unpaired) electrons. The van der Waals surface area contributed by atoms with Gasteiger partial charge in [-0.1, -0.05) is 38.1 Å². The Morgan fingerprint density at radius 2 is 1.69 bits per heavy atom. The standard InChI is InChI=1S/C14H22ClN/c1-3-13-6-8-14(9-7-13)12-16(4-2)11-5-10-15/h6-9H,3-5,10-12H2,1-2H3. The average Bonchev–Trinajstić information content (AvgIpc) is 2.35. The molecule has 0 saturated carbocycles. The van der Waals surface area contributed by atoms with Gasteiger partial charge in [0, 0.05) is 12.4 Å². The van der Waals surface area contributed by atoms with Crippen molar-refractivity contribution in [1.29, 1.82) is 0 Å². The Morgan fingerprint density at radius 3 is 2.19 bits per heavy atom. The molecule has 0 N–H and O–H groups in total. The van der Waals surface area contributed by atoms with Crippen molar-refractivity contribution in [2.45, 2.75) is 33.2 Å². The van der Waals surface area contributed by atoms with Crippen LogP contribution in [0.4, 0.5) is 0 Å². The lowest BCUT2D eigenvalue weighted by atomic mass is 10.1. The minimum absolute atomic E-state index is 0.755. The van der Waals surface area contributed by atoms with Gasteiger partial charge in [-0.25, -0.2) is 0 Å². The monoisotopic (exact) mass is 239 g/mol. The van der Waals surface area contributed by atoms with E-state index in [1.54, 1.807) is 0 Å². The summed E-state index contributed by atoms with van der Waals surface area (Å²) in [6.07, 6.45) is 2.19. The van der Waals surface area contributed by atoms with Crippen molar-refractivity contribution in [3.63, 3.8) is 0 Å². The van der Waals surface area contributed by atoms with Crippen molar-refractivity contribution >= 4 is 11.6 Å². The lowest BCUT2D eigenvalue weighted by Crippen LogP contribution is -2.24. The van der Waals surface area contributed by atoms with E-state index in [0.717, 1.165) is 38.4 Å². The quantitative estimate of drug-likeness (QED) is 0.656. The van der Waals surface area contributed by atoms with Crippen LogP contribution in [-0.4, -0.2) is 23.9 Å². The van der Waals surface area contributed by atoms with Crippen molar-refractivity contribution in [2.24, 2.45) is 0 Å².